The van der Waals surface area contributed by atoms with Crippen molar-refractivity contribution in [1.82, 2.24) is 19.7 Å². The van der Waals surface area contributed by atoms with Crippen molar-refractivity contribution in [3.05, 3.63) is 36.4 Å². The van der Waals surface area contributed by atoms with Gasteiger partial charge in [-0.05, 0) is 6.07 Å². The van der Waals surface area contributed by atoms with E-state index in [0.717, 1.165) is 18.8 Å². The second-order valence-electron chi connectivity index (χ2n) is 5.12. The van der Waals surface area contributed by atoms with Crippen LogP contribution in [0.1, 0.15) is 10.4 Å². The van der Waals surface area contributed by atoms with Crippen molar-refractivity contribution in [2.75, 3.05) is 36.8 Å². The number of carbonyl (C=O) groups is 1. The molecule has 0 unspecified atom stereocenters. The fraction of sp³-hybridized carbons (Fsp3) is 0.357. The number of pyridine rings is 1. The zero-order chi connectivity index (χ0) is 14.8. The molecule has 1 fully saturated rings. The summed E-state index contributed by atoms with van der Waals surface area (Å²) in [4.78, 5) is 20.4. The number of nitrogens with two attached hydrogens (primary N) is 1. The summed E-state index contributed by atoms with van der Waals surface area (Å²) < 4.78 is 1.64. The normalized spacial score (nSPS) is 15.3. The maximum Gasteiger partial charge on any atom is 0.257 e. The van der Waals surface area contributed by atoms with Crippen LogP contribution in [0.5, 0.6) is 0 Å². The van der Waals surface area contributed by atoms with Crippen LogP contribution in [0.25, 0.3) is 0 Å². The highest BCUT2D eigenvalue weighted by Crippen LogP contribution is 2.22. The summed E-state index contributed by atoms with van der Waals surface area (Å²) in [5.41, 5.74) is 8.23. The van der Waals surface area contributed by atoms with Gasteiger partial charge in [-0.1, -0.05) is 0 Å². The fourth-order valence-corrected chi connectivity index (χ4v) is 2.55. The van der Waals surface area contributed by atoms with Crippen molar-refractivity contribution in [3.8, 4) is 0 Å². The maximum atomic E-state index is 12.3. The molecule has 7 nitrogen and oxygen atoms in total. The quantitative estimate of drug-likeness (QED) is 0.862. The second kappa shape index (κ2) is 5.43. The topological polar surface area (TPSA) is 80.3 Å². The first kappa shape index (κ1) is 13.4. The minimum atomic E-state index is 0.0328. The summed E-state index contributed by atoms with van der Waals surface area (Å²) in [5, 5.41) is 4.04. The van der Waals surface area contributed by atoms with Crippen molar-refractivity contribution >= 4 is 17.3 Å². The molecule has 2 aromatic rings. The van der Waals surface area contributed by atoms with E-state index >= 15 is 0 Å². The number of aromatic nitrogens is 3. The summed E-state index contributed by atoms with van der Waals surface area (Å²) in [7, 11) is 1.81. The Hall–Kier alpha value is -2.57. The summed E-state index contributed by atoms with van der Waals surface area (Å²) in [6, 6.07) is 1.91. The largest absolute Gasteiger partial charge is 0.396 e. The van der Waals surface area contributed by atoms with Crippen LogP contribution in [0, 0.1) is 0 Å². The van der Waals surface area contributed by atoms with Crippen LogP contribution in [0.2, 0.25) is 0 Å². The van der Waals surface area contributed by atoms with Gasteiger partial charge in [-0.15, -0.1) is 0 Å². The second-order valence-corrected chi connectivity index (χ2v) is 5.12. The highest BCUT2D eigenvalue weighted by Gasteiger charge is 2.23. The van der Waals surface area contributed by atoms with E-state index < -0.39 is 0 Å². The molecule has 1 aliphatic rings. The highest BCUT2D eigenvalue weighted by molar-refractivity contribution is 5.93. The number of nitrogen functional groups attached to an aromatic ring is 1. The van der Waals surface area contributed by atoms with Gasteiger partial charge in [0.05, 0.1) is 29.3 Å². The van der Waals surface area contributed by atoms with Gasteiger partial charge in [0, 0.05) is 45.6 Å². The molecule has 0 aliphatic carbocycles. The molecular formula is C14H18N6O. The Morgan fingerprint density at radius 1 is 1.24 bits per heavy atom. The van der Waals surface area contributed by atoms with E-state index in [0.29, 0.717) is 24.3 Å². The van der Waals surface area contributed by atoms with Gasteiger partial charge in [-0.3, -0.25) is 14.5 Å². The summed E-state index contributed by atoms with van der Waals surface area (Å²) in [6.45, 7) is 2.88. The van der Waals surface area contributed by atoms with Crippen LogP contribution < -0.4 is 10.6 Å². The Morgan fingerprint density at radius 2 is 2.00 bits per heavy atom. The predicted molar refractivity (Wildman–Crippen MR) is 80.0 cm³/mol. The maximum absolute atomic E-state index is 12.3. The molecule has 7 heteroatoms. The smallest absolute Gasteiger partial charge is 0.257 e. The van der Waals surface area contributed by atoms with E-state index in [2.05, 4.69) is 15.0 Å². The lowest BCUT2D eigenvalue weighted by Gasteiger charge is -2.36. The van der Waals surface area contributed by atoms with Gasteiger partial charge in [-0.2, -0.15) is 5.10 Å². The van der Waals surface area contributed by atoms with Crippen LogP contribution in [0.15, 0.2) is 30.9 Å². The molecule has 1 saturated heterocycles. The molecular weight excluding hydrogens is 268 g/mol. The third kappa shape index (κ3) is 2.67. The lowest BCUT2D eigenvalue weighted by atomic mass is 10.2. The average Bonchev–Trinajstić information content (AvgIpc) is 2.94. The third-order valence-electron chi connectivity index (χ3n) is 3.69. The molecule has 2 aromatic heterocycles. The molecule has 0 aromatic carbocycles. The number of piperazine rings is 1. The van der Waals surface area contributed by atoms with Crippen molar-refractivity contribution in [3.63, 3.8) is 0 Å². The number of hydrogen-bond acceptors (Lipinski definition) is 5. The molecule has 1 aliphatic heterocycles. The van der Waals surface area contributed by atoms with Gasteiger partial charge in [0.1, 0.15) is 0 Å². The number of rotatable bonds is 2. The summed E-state index contributed by atoms with van der Waals surface area (Å²) in [6.07, 6.45) is 6.74. The molecule has 21 heavy (non-hydrogen) atoms. The van der Waals surface area contributed by atoms with Gasteiger partial charge in [0.2, 0.25) is 0 Å². The molecule has 0 atom stereocenters. The van der Waals surface area contributed by atoms with E-state index in [4.69, 9.17) is 5.73 Å². The summed E-state index contributed by atoms with van der Waals surface area (Å²) >= 11 is 0. The van der Waals surface area contributed by atoms with Gasteiger partial charge in [-0.25, -0.2) is 0 Å². The van der Waals surface area contributed by atoms with Crippen LogP contribution in [0.3, 0.4) is 0 Å². The molecule has 0 spiro atoms. The number of hydrogen-bond donors (Lipinski definition) is 1. The van der Waals surface area contributed by atoms with E-state index in [1.165, 1.54) is 0 Å². The van der Waals surface area contributed by atoms with Crippen molar-refractivity contribution in [2.45, 2.75) is 0 Å². The van der Waals surface area contributed by atoms with Gasteiger partial charge < -0.3 is 15.5 Å². The number of amides is 1. The zero-order valence-corrected chi connectivity index (χ0v) is 11.9. The van der Waals surface area contributed by atoms with Crippen LogP contribution >= 0.6 is 0 Å². The first-order chi connectivity index (χ1) is 10.1. The standard InChI is InChI=1S/C14H18N6O/c1-18-10-11(8-17-18)14(21)20-6-4-19(5-7-20)13-2-3-16-9-12(13)15/h2-3,8-10H,4-7,15H2,1H3. The van der Waals surface area contributed by atoms with Crippen LogP contribution in [-0.2, 0) is 7.05 Å². The molecule has 0 bridgehead atoms. The monoisotopic (exact) mass is 286 g/mol. The molecule has 2 N–H and O–H groups in total. The van der Waals surface area contributed by atoms with Crippen molar-refractivity contribution < 1.29 is 4.79 Å². The Kier molecular flexibility index (Phi) is 3.47. The SMILES string of the molecule is Cn1cc(C(=O)N2CCN(c3ccncc3N)CC2)cn1. The van der Waals surface area contributed by atoms with E-state index in [9.17, 15) is 4.79 Å². The van der Waals surface area contributed by atoms with E-state index in [1.54, 1.807) is 36.5 Å². The lowest BCUT2D eigenvalue weighted by molar-refractivity contribution is 0.0747. The zero-order valence-electron chi connectivity index (χ0n) is 11.9. The first-order valence-electron chi connectivity index (χ1n) is 6.87. The van der Waals surface area contributed by atoms with Gasteiger partial charge in [0.15, 0.2) is 0 Å². The number of anilines is 2. The lowest BCUT2D eigenvalue weighted by Crippen LogP contribution is -2.48. The number of carbonyl (C=O) groups excluding carboxylic acids is 1. The van der Waals surface area contributed by atoms with Crippen molar-refractivity contribution in [1.29, 1.82) is 0 Å². The minimum absolute atomic E-state index is 0.0328. The minimum Gasteiger partial charge on any atom is -0.396 e. The van der Waals surface area contributed by atoms with Crippen molar-refractivity contribution in [2.24, 2.45) is 7.05 Å². The van der Waals surface area contributed by atoms with Crippen LogP contribution in [0.4, 0.5) is 11.4 Å². The molecule has 3 heterocycles. The van der Waals surface area contributed by atoms with E-state index in [1.807, 2.05) is 11.0 Å². The molecule has 0 saturated carbocycles. The first-order valence-corrected chi connectivity index (χ1v) is 6.87. The fourth-order valence-electron chi connectivity index (χ4n) is 2.55. The highest BCUT2D eigenvalue weighted by atomic mass is 16.2. The third-order valence-corrected chi connectivity index (χ3v) is 3.69. The van der Waals surface area contributed by atoms with E-state index in [-0.39, 0.29) is 5.91 Å². The number of nitrogens with zero attached hydrogens (tertiary/aromatic N) is 5. The van der Waals surface area contributed by atoms with Gasteiger partial charge >= 0.3 is 0 Å². The van der Waals surface area contributed by atoms with Crippen LogP contribution in [-0.4, -0.2) is 51.8 Å². The average molecular weight is 286 g/mol. The van der Waals surface area contributed by atoms with Gasteiger partial charge in [0.25, 0.3) is 5.91 Å². The molecule has 3 rings (SSSR count). The molecule has 1 amide bonds. The Labute approximate surface area is 123 Å². The Balaban J connectivity index is 1.65. The Bertz CT molecular complexity index is 644. The molecule has 110 valence electrons. The predicted octanol–water partition coefficient (Wildman–Crippen LogP) is 0.360. The number of aryl methyl sites for hydroxylation is 1. The Morgan fingerprint density at radius 3 is 2.62 bits per heavy atom. The molecule has 0 radical (unpaired) electrons. The summed E-state index contributed by atoms with van der Waals surface area (Å²) in [5.74, 6) is 0.0328.